The highest BCUT2D eigenvalue weighted by Crippen LogP contribution is 2.33. The average molecular weight is 251 g/mol. The van der Waals surface area contributed by atoms with Crippen molar-refractivity contribution < 1.29 is 0 Å². The lowest BCUT2D eigenvalue weighted by Crippen LogP contribution is -2.12. The minimum absolute atomic E-state index is 0.386. The highest BCUT2D eigenvalue weighted by molar-refractivity contribution is 6.20. The lowest BCUT2D eigenvalue weighted by molar-refractivity contribution is 0.492. The molecule has 0 saturated heterocycles. The Kier molecular flexibility index (Phi) is 4.50. The quantitative estimate of drug-likeness (QED) is 0.658. The number of halogens is 1. The fourth-order valence-electron chi connectivity index (χ4n) is 3.08. The predicted octanol–water partition coefficient (Wildman–Crippen LogP) is 5.03. The Balaban J connectivity index is 1.92. The number of aryl methyl sites for hydroxylation is 2. The van der Waals surface area contributed by atoms with Gasteiger partial charge in [0.05, 0.1) is 0 Å². The van der Waals surface area contributed by atoms with E-state index in [0.717, 1.165) is 18.8 Å². The Labute approximate surface area is 110 Å². The van der Waals surface area contributed by atoms with Crippen molar-refractivity contribution in [2.45, 2.75) is 57.7 Å². The van der Waals surface area contributed by atoms with Crippen LogP contribution < -0.4 is 0 Å². The van der Waals surface area contributed by atoms with Crippen molar-refractivity contribution >= 4 is 11.6 Å². The van der Waals surface area contributed by atoms with E-state index in [1.165, 1.54) is 42.4 Å². The summed E-state index contributed by atoms with van der Waals surface area (Å²) < 4.78 is 0. The summed E-state index contributed by atoms with van der Waals surface area (Å²) in [5, 5.41) is 0.386. The second-order valence-electron chi connectivity index (χ2n) is 5.47. The van der Waals surface area contributed by atoms with Crippen molar-refractivity contribution in [3.63, 3.8) is 0 Å². The van der Waals surface area contributed by atoms with Crippen LogP contribution in [0.4, 0.5) is 0 Å². The van der Waals surface area contributed by atoms with Crippen LogP contribution in [-0.4, -0.2) is 5.38 Å². The zero-order valence-electron chi connectivity index (χ0n) is 11.0. The molecule has 1 unspecified atom stereocenters. The highest BCUT2D eigenvalue weighted by Gasteiger charge is 2.23. The van der Waals surface area contributed by atoms with Crippen molar-refractivity contribution in [3.05, 3.63) is 34.9 Å². The molecule has 1 atom stereocenters. The molecule has 1 aromatic carbocycles. The molecule has 0 bridgehead atoms. The summed E-state index contributed by atoms with van der Waals surface area (Å²) in [4.78, 5) is 0. The third-order valence-electron chi connectivity index (χ3n) is 4.23. The van der Waals surface area contributed by atoms with Crippen LogP contribution in [0.15, 0.2) is 18.2 Å². The molecule has 1 aliphatic carbocycles. The number of hydrogen-bond acceptors (Lipinski definition) is 0. The van der Waals surface area contributed by atoms with Gasteiger partial charge >= 0.3 is 0 Å². The molecule has 94 valence electrons. The maximum atomic E-state index is 6.54. The monoisotopic (exact) mass is 250 g/mol. The van der Waals surface area contributed by atoms with Crippen LogP contribution in [0.1, 0.15) is 48.8 Å². The Bertz CT molecular complexity index is 344. The fourth-order valence-corrected chi connectivity index (χ4v) is 3.44. The van der Waals surface area contributed by atoms with Crippen LogP contribution in [-0.2, 0) is 6.42 Å². The van der Waals surface area contributed by atoms with Gasteiger partial charge in [-0.1, -0.05) is 31.0 Å². The zero-order chi connectivity index (χ0) is 12.3. The summed E-state index contributed by atoms with van der Waals surface area (Å²) in [6.45, 7) is 4.42. The van der Waals surface area contributed by atoms with Gasteiger partial charge in [-0.3, -0.25) is 0 Å². The molecule has 0 N–H and O–H groups in total. The normalized spacial score (nSPS) is 18.5. The maximum Gasteiger partial charge on any atom is 0.0367 e. The summed E-state index contributed by atoms with van der Waals surface area (Å²) in [6.07, 6.45) is 7.75. The van der Waals surface area contributed by atoms with Crippen molar-refractivity contribution in [2.24, 2.45) is 5.92 Å². The van der Waals surface area contributed by atoms with Gasteiger partial charge in [0.1, 0.15) is 0 Å². The van der Waals surface area contributed by atoms with Gasteiger partial charge in [-0.25, -0.2) is 0 Å². The Morgan fingerprint density at radius 3 is 2.35 bits per heavy atom. The predicted molar refractivity (Wildman–Crippen MR) is 75.8 cm³/mol. The molecule has 0 nitrogen and oxygen atoms in total. The SMILES string of the molecule is Cc1cccc(C)c1CCC(Cl)C1CCCC1. The third-order valence-corrected chi connectivity index (χ3v) is 4.80. The van der Waals surface area contributed by atoms with Gasteiger partial charge in [0.2, 0.25) is 0 Å². The van der Waals surface area contributed by atoms with Crippen LogP contribution >= 0.6 is 11.6 Å². The molecular weight excluding hydrogens is 228 g/mol. The summed E-state index contributed by atoms with van der Waals surface area (Å²) in [5.41, 5.74) is 4.34. The molecule has 17 heavy (non-hydrogen) atoms. The molecule has 0 aliphatic heterocycles. The van der Waals surface area contributed by atoms with Gasteiger partial charge in [-0.2, -0.15) is 0 Å². The van der Waals surface area contributed by atoms with E-state index in [-0.39, 0.29) is 0 Å². The van der Waals surface area contributed by atoms with Crippen molar-refractivity contribution in [1.82, 2.24) is 0 Å². The van der Waals surface area contributed by atoms with Crippen molar-refractivity contribution in [1.29, 1.82) is 0 Å². The highest BCUT2D eigenvalue weighted by atomic mass is 35.5. The smallest absolute Gasteiger partial charge is 0.0367 e. The van der Waals surface area contributed by atoms with Crippen LogP contribution in [0.2, 0.25) is 0 Å². The van der Waals surface area contributed by atoms with Gasteiger partial charge in [0.15, 0.2) is 0 Å². The summed E-state index contributed by atoms with van der Waals surface area (Å²) in [7, 11) is 0. The molecule has 2 rings (SSSR count). The summed E-state index contributed by atoms with van der Waals surface area (Å²) >= 11 is 6.54. The zero-order valence-corrected chi connectivity index (χ0v) is 11.8. The first kappa shape index (κ1) is 13.0. The standard InChI is InChI=1S/C16H23Cl/c1-12-6-5-7-13(2)15(12)10-11-16(17)14-8-3-4-9-14/h5-7,14,16H,3-4,8-11H2,1-2H3. The van der Waals surface area contributed by atoms with E-state index in [2.05, 4.69) is 32.0 Å². The Morgan fingerprint density at radius 2 is 1.76 bits per heavy atom. The second kappa shape index (κ2) is 5.91. The largest absolute Gasteiger partial charge is 0.123 e. The molecule has 1 aromatic rings. The van der Waals surface area contributed by atoms with Crippen LogP contribution in [0.25, 0.3) is 0 Å². The van der Waals surface area contributed by atoms with E-state index in [9.17, 15) is 0 Å². The molecule has 1 heteroatoms. The second-order valence-corrected chi connectivity index (χ2v) is 6.03. The lowest BCUT2D eigenvalue weighted by Gasteiger charge is -2.18. The lowest BCUT2D eigenvalue weighted by atomic mass is 9.94. The fraction of sp³-hybridized carbons (Fsp3) is 0.625. The molecule has 0 spiro atoms. The van der Waals surface area contributed by atoms with E-state index in [4.69, 9.17) is 11.6 Å². The summed E-state index contributed by atoms with van der Waals surface area (Å²) in [5.74, 6) is 0.779. The van der Waals surface area contributed by atoms with E-state index in [0.29, 0.717) is 5.38 Å². The van der Waals surface area contributed by atoms with E-state index >= 15 is 0 Å². The third kappa shape index (κ3) is 3.25. The van der Waals surface area contributed by atoms with E-state index in [1.54, 1.807) is 0 Å². The van der Waals surface area contributed by atoms with Gasteiger partial charge in [-0.05, 0) is 62.1 Å². The first-order valence-electron chi connectivity index (χ1n) is 6.87. The first-order valence-corrected chi connectivity index (χ1v) is 7.31. The molecule has 0 heterocycles. The van der Waals surface area contributed by atoms with Crippen molar-refractivity contribution in [2.75, 3.05) is 0 Å². The van der Waals surface area contributed by atoms with Gasteiger partial charge in [0.25, 0.3) is 0 Å². The van der Waals surface area contributed by atoms with Gasteiger partial charge < -0.3 is 0 Å². The number of alkyl halides is 1. The Morgan fingerprint density at radius 1 is 1.18 bits per heavy atom. The topological polar surface area (TPSA) is 0 Å². The van der Waals surface area contributed by atoms with Crippen molar-refractivity contribution in [3.8, 4) is 0 Å². The van der Waals surface area contributed by atoms with E-state index < -0.39 is 0 Å². The number of benzene rings is 1. The van der Waals surface area contributed by atoms with Crippen LogP contribution in [0, 0.1) is 19.8 Å². The molecule has 0 radical (unpaired) electrons. The minimum atomic E-state index is 0.386. The van der Waals surface area contributed by atoms with E-state index in [1.807, 2.05) is 0 Å². The molecule has 0 aromatic heterocycles. The Hall–Kier alpha value is -0.490. The van der Waals surface area contributed by atoms with Gasteiger partial charge in [-0.15, -0.1) is 11.6 Å². The van der Waals surface area contributed by atoms with Gasteiger partial charge in [0, 0.05) is 5.38 Å². The molecule has 1 saturated carbocycles. The molecule has 1 aliphatic rings. The molecular formula is C16H23Cl. The maximum absolute atomic E-state index is 6.54. The average Bonchev–Trinajstić information content (AvgIpc) is 2.81. The summed E-state index contributed by atoms with van der Waals surface area (Å²) in [6, 6.07) is 6.56. The van der Waals surface area contributed by atoms with Crippen LogP contribution in [0.5, 0.6) is 0 Å². The number of rotatable bonds is 4. The molecule has 0 amide bonds. The molecule has 1 fully saturated rings. The first-order chi connectivity index (χ1) is 8.18. The van der Waals surface area contributed by atoms with Crippen LogP contribution in [0.3, 0.4) is 0 Å². The number of hydrogen-bond donors (Lipinski definition) is 0. The minimum Gasteiger partial charge on any atom is -0.123 e.